The smallest absolute Gasteiger partial charge is 0.416 e. The van der Waals surface area contributed by atoms with Crippen molar-refractivity contribution in [2.45, 2.75) is 23.8 Å². The molecule has 35 heavy (non-hydrogen) atoms. The van der Waals surface area contributed by atoms with Crippen LogP contribution in [0.1, 0.15) is 16.7 Å². The molecule has 1 aliphatic heterocycles. The van der Waals surface area contributed by atoms with Gasteiger partial charge in [-0.25, -0.2) is 8.42 Å². The van der Waals surface area contributed by atoms with Crippen molar-refractivity contribution < 1.29 is 44.8 Å². The van der Waals surface area contributed by atoms with Crippen molar-refractivity contribution >= 4 is 20.8 Å². The Morgan fingerprint density at radius 3 is 2.00 bits per heavy atom. The van der Waals surface area contributed by atoms with Crippen LogP contribution in [-0.4, -0.2) is 44.0 Å². The number of alkyl halides is 6. The van der Waals surface area contributed by atoms with E-state index in [4.69, 9.17) is 0 Å². The van der Waals surface area contributed by atoms with Gasteiger partial charge < -0.3 is 10.0 Å². The number of rotatable bonds is 4. The number of hydrogen-bond donors (Lipinski definition) is 2. The van der Waals surface area contributed by atoms with Gasteiger partial charge in [0.2, 0.25) is 10.0 Å². The van der Waals surface area contributed by atoms with Crippen LogP contribution >= 0.6 is 0 Å². The van der Waals surface area contributed by atoms with Crippen molar-refractivity contribution in [3.05, 3.63) is 71.3 Å². The molecule has 0 spiro atoms. The van der Waals surface area contributed by atoms with Gasteiger partial charge in [0.25, 0.3) is 0 Å². The van der Waals surface area contributed by atoms with E-state index >= 15 is 0 Å². The van der Waals surface area contributed by atoms with Crippen LogP contribution in [0.2, 0.25) is 0 Å². The Hall–Kier alpha value is -2.83. The molecule has 3 aromatic carbocycles. The van der Waals surface area contributed by atoms with Gasteiger partial charge in [-0.05, 0) is 35.0 Å². The van der Waals surface area contributed by atoms with Crippen molar-refractivity contribution in [3.8, 4) is 5.75 Å². The summed E-state index contributed by atoms with van der Waals surface area (Å²) in [6.45, 7) is 0.699. The fourth-order valence-electron chi connectivity index (χ4n) is 4.20. The van der Waals surface area contributed by atoms with Crippen LogP contribution in [0.3, 0.4) is 0 Å². The Morgan fingerprint density at radius 1 is 0.857 bits per heavy atom. The maximum atomic E-state index is 13.2. The molecule has 0 aliphatic carbocycles. The Morgan fingerprint density at radius 2 is 1.43 bits per heavy atom. The van der Waals surface area contributed by atoms with Crippen LogP contribution in [0, 0.1) is 0 Å². The van der Waals surface area contributed by atoms with Crippen molar-refractivity contribution in [2.75, 3.05) is 26.2 Å². The second-order valence-electron chi connectivity index (χ2n) is 8.36. The van der Waals surface area contributed by atoms with Crippen LogP contribution < -0.4 is 4.90 Å². The SMILES string of the molecule is O=S(=O)(c1cc(C(F)(F)F)cc(C(F)(F)F)c1)N1CC[NH+](Cc2c(O)ccc3ccccc23)CC1. The Bertz CT molecular complexity index is 1320. The molecule has 0 atom stereocenters. The van der Waals surface area contributed by atoms with E-state index in [2.05, 4.69) is 0 Å². The van der Waals surface area contributed by atoms with Gasteiger partial charge in [-0.3, -0.25) is 0 Å². The number of piperazine rings is 1. The third kappa shape index (κ3) is 5.24. The second-order valence-corrected chi connectivity index (χ2v) is 10.3. The van der Waals surface area contributed by atoms with E-state index in [1.54, 1.807) is 12.1 Å². The molecule has 188 valence electrons. The van der Waals surface area contributed by atoms with E-state index in [0.29, 0.717) is 12.1 Å². The maximum absolute atomic E-state index is 13.2. The summed E-state index contributed by atoms with van der Waals surface area (Å²) in [6, 6.07) is 11.2. The number of sulfonamides is 1. The minimum Gasteiger partial charge on any atom is -0.507 e. The number of quaternary nitrogens is 1. The lowest BCUT2D eigenvalue weighted by molar-refractivity contribution is -0.917. The summed E-state index contributed by atoms with van der Waals surface area (Å²) in [5.41, 5.74) is -2.68. The first-order valence-electron chi connectivity index (χ1n) is 10.6. The number of halogens is 6. The summed E-state index contributed by atoms with van der Waals surface area (Å²) in [6.07, 6.45) is -10.3. The molecule has 0 radical (unpaired) electrons. The summed E-state index contributed by atoms with van der Waals surface area (Å²) in [5, 5.41) is 12.1. The molecule has 1 saturated heterocycles. The predicted molar refractivity (Wildman–Crippen MR) is 115 cm³/mol. The minimum atomic E-state index is -5.14. The third-order valence-corrected chi connectivity index (χ3v) is 7.95. The van der Waals surface area contributed by atoms with E-state index in [0.717, 1.165) is 20.0 Å². The van der Waals surface area contributed by atoms with Gasteiger partial charge in [0.05, 0.1) is 47.8 Å². The Kier molecular flexibility index (Phi) is 6.49. The number of aromatic hydroxyl groups is 1. The van der Waals surface area contributed by atoms with Gasteiger partial charge in [0.15, 0.2) is 0 Å². The van der Waals surface area contributed by atoms with Crippen molar-refractivity contribution in [2.24, 2.45) is 0 Å². The standard InChI is InChI=1S/C23H20F6N2O3S/c24-22(25,26)16-11-17(23(27,28)29)13-18(12-16)35(33,34)31-9-7-30(8-10-31)14-20-19-4-2-1-3-15(19)5-6-21(20)32/h1-6,11-13,32H,7-10,14H2/p+1. The summed E-state index contributed by atoms with van der Waals surface area (Å²) >= 11 is 0. The van der Waals surface area contributed by atoms with E-state index in [9.17, 15) is 39.9 Å². The van der Waals surface area contributed by atoms with Crippen molar-refractivity contribution in [3.63, 3.8) is 0 Å². The molecular formula is C23H21F6N2O3S+. The number of hydrogen-bond acceptors (Lipinski definition) is 3. The molecule has 0 bridgehead atoms. The first-order valence-corrected chi connectivity index (χ1v) is 12.0. The largest absolute Gasteiger partial charge is 0.507 e. The number of benzene rings is 3. The van der Waals surface area contributed by atoms with E-state index in [1.807, 2.05) is 24.3 Å². The minimum absolute atomic E-state index is 0.0925. The molecule has 1 heterocycles. The average molecular weight is 519 g/mol. The first kappa shape index (κ1) is 25.3. The zero-order valence-electron chi connectivity index (χ0n) is 18.1. The molecule has 3 aromatic rings. The molecule has 0 unspecified atom stereocenters. The fraction of sp³-hybridized carbons (Fsp3) is 0.304. The maximum Gasteiger partial charge on any atom is 0.416 e. The van der Waals surface area contributed by atoms with Gasteiger partial charge in [0.1, 0.15) is 12.3 Å². The monoisotopic (exact) mass is 519 g/mol. The van der Waals surface area contributed by atoms with E-state index in [-0.39, 0.29) is 50.1 Å². The van der Waals surface area contributed by atoms with Crippen LogP contribution in [0.4, 0.5) is 26.3 Å². The molecule has 0 amide bonds. The highest BCUT2D eigenvalue weighted by molar-refractivity contribution is 7.89. The van der Waals surface area contributed by atoms with Crippen molar-refractivity contribution in [1.82, 2.24) is 4.31 Å². The molecule has 4 rings (SSSR count). The highest BCUT2D eigenvalue weighted by atomic mass is 32.2. The number of phenols is 1. The number of nitrogens with zero attached hydrogens (tertiary/aromatic N) is 1. The lowest BCUT2D eigenvalue weighted by atomic mass is 10.0. The first-order chi connectivity index (χ1) is 16.3. The summed E-state index contributed by atoms with van der Waals surface area (Å²) in [7, 11) is -4.60. The van der Waals surface area contributed by atoms with Gasteiger partial charge in [-0.2, -0.15) is 30.6 Å². The molecule has 0 aromatic heterocycles. The average Bonchev–Trinajstić information content (AvgIpc) is 2.80. The lowest BCUT2D eigenvalue weighted by Crippen LogP contribution is -3.13. The summed E-state index contributed by atoms with van der Waals surface area (Å²) in [5.74, 6) is 0.0925. The zero-order chi connectivity index (χ0) is 25.6. The number of nitrogens with one attached hydrogen (secondary N) is 1. The zero-order valence-corrected chi connectivity index (χ0v) is 18.9. The normalized spacial score (nSPS) is 16.6. The second kappa shape index (κ2) is 8.99. The van der Waals surface area contributed by atoms with Crippen LogP contribution in [0.25, 0.3) is 10.8 Å². The third-order valence-electron chi connectivity index (χ3n) is 6.07. The van der Waals surface area contributed by atoms with Crippen molar-refractivity contribution in [1.29, 1.82) is 0 Å². The Balaban J connectivity index is 1.56. The summed E-state index contributed by atoms with van der Waals surface area (Å²) in [4.78, 5) is -0.127. The van der Waals surface area contributed by atoms with Gasteiger partial charge in [0, 0.05) is 0 Å². The molecule has 0 saturated carbocycles. The van der Waals surface area contributed by atoms with E-state index < -0.39 is 38.4 Å². The highest BCUT2D eigenvalue weighted by Gasteiger charge is 2.40. The van der Waals surface area contributed by atoms with Gasteiger partial charge in [-0.1, -0.05) is 30.3 Å². The molecule has 1 aliphatic rings. The van der Waals surface area contributed by atoms with Crippen LogP contribution in [-0.2, 0) is 28.9 Å². The molecular weight excluding hydrogens is 498 g/mol. The molecule has 12 heteroatoms. The van der Waals surface area contributed by atoms with Crippen LogP contribution in [0.15, 0.2) is 59.5 Å². The number of fused-ring (bicyclic) bond motifs is 1. The molecule has 1 fully saturated rings. The molecule has 5 nitrogen and oxygen atoms in total. The quantitative estimate of drug-likeness (QED) is 0.518. The lowest BCUT2D eigenvalue weighted by Gasteiger charge is -2.32. The van der Waals surface area contributed by atoms with Crippen LogP contribution in [0.5, 0.6) is 5.75 Å². The fourth-order valence-corrected chi connectivity index (χ4v) is 5.72. The topological polar surface area (TPSA) is 62.0 Å². The predicted octanol–water partition coefficient (Wildman–Crippen LogP) is 3.67. The Labute approximate surface area is 197 Å². The highest BCUT2D eigenvalue weighted by Crippen LogP contribution is 2.37. The van der Waals surface area contributed by atoms with Gasteiger partial charge in [-0.15, -0.1) is 0 Å². The van der Waals surface area contributed by atoms with E-state index in [1.165, 1.54) is 0 Å². The summed E-state index contributed by atoms with van der Waals surface area (Å²) < 4.78 is 106. The van der Waals surface area contributed by atoms with Gasteiger partial charge >= 0.3 is 12.4 Å². The molecule has 2 N–H and O–H groups in total. The number of phenolic OH excluding ortho intramolecular Hbond substituents is 1.